The summed E-state index contributed by atoms with van der Waals surface area (Å²) < 4.78 is 36.0. The Labute approximate surface area is 222 Å². The molecule has 194 valence electrons. The zero-order chi connectivity index (χ0) is 26.6. The molecule has 0 spiro atoms. The van der Waals surface area contributed by atoms with Gasteiger partial charge in [-0.15, -0.1) is 0 Å². The van der Waals surface area contributed by atoms with Crippen LogP contribution in [0.25, 0.3) is 16.6 Å². The van der Waals surface area contributed by atoms with Crippen molar-refractivity contribution in [2.24, 2.45) is 0 Å². The highest BCUT2D eigenvalue weighted by molar-refractivity contribution is 7.89. The number of methoxy groups -OCH3 is 1. The van der Waals surface area contributed by atoms with E-state index in [0.29, 0.717) is 39.6 Å². The molecule has 0 N–H and O–H groups in total. The zero-order valence-corrected chi connectivity index (χ0v) is 22.7. The number of rotatable bonds is 10. The molecule has 0 aliphatic heterocycles. The summed E-state index contributed by atoms with van der Waals surface area (Å²) in [7, 11) is -2.35. The van der Waals surface area contributed by atoms with Crippen molar-refractivity contribution in [1.82, 2.24) is 13.9 Å². The van der Waals surface area contributed by atoms with Crippen LogP contribution in [0.5, 0.6) is 5.75 Å². The molecule has 1 heterocycles. The van der Waals surface area contributed by atoms with Gasteiger partial charge in [0, 0.05) is 11.6 Å². The molecular formula is C28H30ClN3O4S. The van der Waals surface area contributed by atoms with Crippen LogP contribution < -0.4 is 10.3 Å². The molecule has 0 amide bonds. The summed E-state index contributed by atoms with van der Waals surface area (Å²) in [6.07, 6.45) is 2.48. The molecule has 1 atom stereocenters. The molecule has 37 heavy (non-hydrogen) atoms. The van der Waals surface area contributed by atoms with Gasteiger partial charge in [0.25, 0.3) is 5.56 Å². The third-order valence-electron chi connectivity index (χ3n) is 6.34. The van der Waals surface area contributed by atoms with Crippen LogP contribution in [0.1, 0.15) is 45.0 Å². The first-order valence-electron chi connectivity index (χ1n) is 12.2. The highest BCUT2D eigenvalue weighted by Gasteiger charge is 2.32. The molecule has 7 nitrogen and oxygen atoms in total. The highest BCUT2D eigenvalue weighted by atomic mass is 35.5. The molecule has 0 fully saturated rings. The van der Waals surface area contributed by atoms with E-state index in [-0.39, 0.29) is 17.0 Å². The smallest absolute Gasteiger partial charge is 0.266 e. The summed E-state index contributed by atoms with van der Waals surface area (Å²) in [5, 5.41) is 0.904. The molecule has 4 aromatic rings. The van der Waals surface area contributed by atoms with Crippen molar-refractivity contribution in [3.63, 3.8) is 0 Å². The monoisotopic (exact) mass is 539 g/mol. The second-order valence-corrected chi connectivity index (χ2v) is 11.1. The van der Waals surface area contributed by atoms with E-state index in [1.54, 1.807) is 68.6 Å². The largest absolute Gasteiger partial charge is 0.497 e. The Kier molecular flexibility index (Phi) is 8.32. The Bertz CT molecular complexity index is 1530. The van der Waals surface area contributed by atoms with E-state index in [4.69, 9.17) is 21.3 Å². The maximum atomic E-state index is 13.9. The van der Waals surface area contributed by atoms with E-state index in [1.807, 2.05) is 6.07 Å². The lowest BCUT2D eigenvalue weighted by atomic mass is 10.2. The lowest BCUT2D eigenvalue weighted by Gasteiger charge is -2.30. The fourth-order valence-corrected chi connectivity index (χ4v) is 6.08. The van der Waals surface area contributed by atoms with Crippen LogP contribution in [0, 0.1) is 0 Å². The van der Waals surface area contributed by atoms with Crippen LogP contribution in [0.2, 0.25) is 5.02 Å². The summed E-state index contributed by atoms with van der Waals surface area (Å²) in [5.41, 5.74) is 0.815. The Balaban J connectivity index is 1.92. The number of hydrogen-bond acceptors (Lipinski definition) is 5. The van der Waals surface area contributed by atoms with Crippen LogP contribution in [0.3, 0.4) is 0 Å². The van der Waals surface area contributed by atoms with Crippen molar-refractivity contribution >= 4 is 32.5 Å². The van der Waals surface area contributed by atoms with Gasteiger partial charge in [-0.2, -0.15) is 4.31 Å². The van der Waals surface area contributed by atoms with Crippen molar-refractivity contribution < 1.29 is 13.2 Å². The predicted molar refractivity (Wildman–Crippen MR) is 147 cm³/mol. The third-order valence-corrected chi connectivity index (χ3v) is 8.58. The number of fused-ring (bicyclic) bond motifs is 1. The highest BCUT2D eigenvalue weighted by Crippen LogP contribution is 2.30. The average molecular weight is 540 g/mol. The minimum absolute atomic E-state index is 0.138. The Hall–Kier alpha value is -3.20. The van der Waals surface area contributed by atoms with Crippen molar-refractivity contribution in [3.8, 4) is 11.4 Å². The molecule has 1 aromatic heterocycles. The number of unbranched alkanes of at least 4 members (excludes halogenated alkanes) is 2. The molecule has 0 radical (unpaired) electrons. The molecule has 0 aliphatic carbocycles. The normalized spacial score (nSPS) is 12.7. The Morgan fingerprint density at radius 3 is 2.32 bits per heavy atom. The van der Waals surface area contributed by atoms with Gasteiger partial charge in [-0.1, -0.05) is 43.5 Å². The van der Waals surface area contributed by atoms with Gasteiger partial charge in [0.1, 0.15) is 11.6 Å². The van der Waals surface area contributed by atoms with Gasteiger partial charge < -0.3 is 4.74 Å². The molecule has 0 saturated carbocycles. The SMILES string of the molecule is CCCCCN(C(C)c1nc2ccccc2c(=O)n1-c1ccc(OC)cc1)S(=O)(=O)c1ccc(Cl)cc1. The zero-order valence-electron chi connectivity index (χ0n) is 21.1. The first-order valence-corrected chi connectivity index (χ1v) is 14.0. The Morgan fingerprint density at radius 2 is 1.68 bits per heavy atom. The van der Waals surface area contributed by atoms with Gasteiger partial charge in [-0.05, 0) is 74.0 Å². The maximum Gasteiger partial charge on any atom is 0.266 e. The maximum absolute atomic E-state index is 13.9. The van der Waals surface area contributed by atoms with E-state index < -0.39 is 16.1 Å². The first-order chi connectivity index (χ1) is 17.8. The van der Waals surface area contributed by atoms with Crippen LogP contribution >= 0.6 is 11.6 Å². The third kappa shape index (κ3) is 5.56. The molecule has 0 saturated heterocycles. The fourth-order valence-electron chi connectivity index (χ4n) is 4.32. The molecule has 0 aliphatic rings. The number of halogens is 1. The molecule has 0 bridgehead atoms. The lowest BCUT2D eigenvalue weighted by Crippen LogP contribution is -2.38. The van der Waals surface area contributed by atoms with Gasteiger partial charge in [0.15, 0.2) is 0 Å². The number of hydrogen-bond donors (Lipinski definition) is 0. The fraction of sp³-hybridized carbons (Fsp3) is 0.286. The quantitative estimate of drug-likeness (QED) is 0.231. The van der Waals surface area contributed by atoms with Gasteiger partial charge in [-0.25, -0.2) is 13.4 Å². The number of aromatic nitrogens is 2. The summed E-state index contributed by atoms with van der Waals surface area (Å²) in [6, 6.07) is 19.5. The van der Waals surface area contributed by atoms with E-state index in [9.17, 15) is 13.2 Å². The van der Waals surface area contributed by atoms with Crippen molar-refractivity contribution in [2.75, 3.05) is 13.7 Å². The predicted octanol–water partition coefficient (Wildman–Crippen LogP) is 5.99. The van der Waals surface area contributed by atoms with Crippen molar-refractivity contribution in [2.45, 2.75) is 44.0 Å². The van der Waals surface area contributed by atoms with E-state index in [0.717, 1.165) is 12.8 Å². The van der Waals surface area contributed by atoms with E-state index in [2.05, 4.69) is 6.92 Å². The standard InChI is InChI=1S/C28H30ClN3O4S/c1-4-5-8-19-31(37(34,35)24-17-11-21(29)12-18-24)20(2)27-30-26-10-7-6-9-25(26)28(33)32(27)22-13-15-23(36-3)16-14-22/h6-7,9-18,20H,4-5,8,19H2,1-3H3. The minimum Gasteiger partial charge on any atom is -0.497 e. The van der Waals surface area contributed by atoms with Gasteiger partial charge in [0.05, 0.1) is 34.6 Å². The number of nitrogens with zero attached hydrogens (tertiary/aromatic N) is 3. The van der Waals surface area contributed by atoms with E-state index in [1.165, 1.54) is 21.0 Å². The number of ether oxygens (including phenoxy) is 1. The lowest BCUT2D eigenvalue weighted by molar-refractivity contribution is 0.320. The summed E-state index contributed by atoms with van der Waals surface area (Å²) in [4.78, 5) is 18.7. The van der Waals surface area contributed by atoms with Crippen LogP contribution in [0.4, 0.5) is 0 Å². The van der Waals surface area contributed by atoms with Crippen molar-refractivity contribution in [3.05, 3.63) is 94.0 Å². The molecule has 4 rings (SSSR count). The number of sulfonamides is 1. The van der Waals surface area contributed by atoms with Crippen molar-refractivity contribution in [1.29, 1.82) is 0 Å². The van der Waals surface area contributed by atoms with Crippen LogP contribution in [-0.2, 0) is 10.0 Å². The second-order valence-electron chi connectivity index (χ2n) is 8.78. The second kappa shape index (κ2) is 11.5. The summed E-state index contributed by atoms with van der Waals surface area (Å²) in [6.45, 7) is 4.12. The van der Waals surface area contributed by atoms with E-state index >= 15 is 0 Å². The first kappa shape index (κ1) is 26.9. The van der Waals surface area contributed by atoms with Gasteiger partial charge >= 0.3 is 0 Å². The minimum atomic E-state index is -3.92. The molecule has 9 heteroatoms. The molecule has 1 unspecified atom stereocenters. The number of para-hydroxylation sites is 1. The topological polar surface area (TPSA) is 81.5 Å². The van der Waals surface area contributed by atoms with Crippen LogP contribution in [0.15, 0.2) is 82.5 Å². The summed E-state index contributed by atoms with van der Waals surface area (Å²) >= 11 is 6.02. The van der Waals surface area contributed by atoms with Crippen LogP contribution in [-0.4, -0.2) is 35.9 Å². The van der Waals surface area contributed by atoms with Gasteiger partial charge in [0.2, 0.25) is 10.0 Å². The average Bonchev–Trinajstić information content (AvgIpc) is 2.91. The Morgan fingerprint density at radius 1 is 1.00 bits per heavy atom. The molecule has 3 aromatic carbocycles. The van der Waals surface area contributed by atoms with Gasteiger partial charge in [-0.3, -0.25) is 9.36 Å². The number of benzene rings is 3. The summed E-state index contributed by atoms with van der Waals surface area (Å²) in [5.74, 6) is 0.981. The molecular weight excluding hydrogens is 510 g/mol.